The van der Waals surface area contributed by atoms with Crippen molar-refractivity contribution >= 4 is 40.4 Å². The van der Waals surface area contributed by atoms with E-state index in [1.807, 2.05) is 47.8 Å². The molecule has 9 heteroatoms. The van der Waals surface area contributed by atoms with Gasteiger partial charge in [-0.15, -0.1) is 22.9 Å². The lowest BCUT2D eigenvalue weighted by molar-refractivity contribution is -0.384. The van der Waals surface area contributed by atoms with Gasteiger partial charge in [0.1, 0.15) is 11.9 Å². The lowest BCUT2D eigenvalue weighted by Crippen LogP contribution is -2.44. The normalized spacial score (nSPS) is 11.5. The van der Waals surface area contributed by atoms with E-state index < -0.39 is 16.9 Å². The molecular formula is C23H22ClN3O4S. The third-order valence-corrected chi connectivity index (χ3v) is 5.97. The van der Waals surface area contributed by atoms with Crippen LogP contribution in [0.2, 0.25) is 0 Å². The van der Waals surface area contributed by atoms with Crippen molar-refractivity contribution in [2.24, 2.45) is 0 Å². The zero-order chi connectivity index (χ0) is 22.9. The Morgan fingerprint density at radius 3 is 2.38 bits per heavy atom. The first-order valence-electron chi connectivity index (χ1n) is 9.93. The molecule has 1 heterocycles. The number of hydrogen-bond donors (Lipinski definition) is 1. The Balaban J connectivity index is 1.86. The number of carbonyl (C=O) groups is 2. The van der Waals surface area contributed by atoms with Crippen LogP contribution >= 0.6 is 22.9 Å². The summed E-state index contributed by atoms with van der Waals surface area (Å²) in [4.78, 5) is 38.8. The number of nitro groups is 1. The molecule has 0 bridgehead atoms. The zero-order valence-electron chi connectivity index (χ0n) is 17.1. The van der Waals surface area contributed by atoms with Crippen molar-refractivity contribution in [2.75, 3.05) is 12.4 Å². The summed E-state index contributed by atoms with van der Waals surface area (Å²) >= 11 is 7.33. The van der Waals surface area contributed by atoms with E-state index in [-0.39, 0.29) is 24.0 Å². The molecule has 1 unspecified atom stereocenters. The maximum atomic E-state index is 13.3. The maximum Gasteiger partial charge on any atom is 0.269 e. The van der Waals surface area contributed by atoms with Gasteiger partial charge in [-0.05, 0) is 41.1 Å². The largest absolute Gasteiger partial charge is 0.354 e. The van der Waals surface area contributed by atoms with Crippen LogP contribution < -0.4 is 5.32 Å². The van der Waals surface area contributed by atoms with Crippen molar-refractivity contribution in [3.63, 3.8) is 0 Å². The molecule has 0 saturated carbocycles. The molecule has 3 aromatic rings. The number of thiophene rings is 1. The monoisotopic (exact) mass is 471 g/mol. The fourth-order valence-electron chi connectivity index (χ4n) is 3.29. The molecule has 0 fully saturated rings. The molecule has 0 spiro atoms. The zero-order valence-corrected chi connectivity index (χ0v) is 18.7. The summed E-state index contributed by atoms with van der Waals surface area (Å²) in [6, 6.07) is 18.2. The Bertz CT molecular complexity index is 1040. The van der Waals surface area contributed by atoms with E-state index in [4.69, 9.17) is 11.6 Å². The number of non-ortho nitro benzene ring substituents is 1. The van der Waals surface area contributed by atoms with Crippen molar-refractivity contribution < 1.29 is 14.5 Å². The number of halogens is 1. The molecule has 1 N–H and O–H groups in total. The molecule has 3 rings (SSSR count). The van der Waals surface area contributed by atoms with Crippen LogP contribution in [-0.2, 0) is 22.6 Å². The summed E-state index contributed by atoms with van der Waals surface area (Å²) in [6.45, 7) is 0.589. The predicted octanol–water partition coefficient (Wildman–Crippen LogP) is 4.32. The molecule has 1 atom stereocenters. The quantitative estimate of drug-likeness (QED) is 0.270. The third-order valence-electron chi connectivity index (χ3n) is 4.88. The molecule has 0 saturated heterocycles. The average Bonchev–Trinajstić information content (AvgIpc) is 3.32. The summed E-state index contributed by atoms with van der Waals surface area (Å²) in [5, 5.41) is 15.8. The lowest BCUT2D eigenvalue weighted by Gasteiger charge is -2.30. The summed E-state index contributed by atoms with van der Waals surface area (Å²) in [6.07, 6.45) is 0.633. The van der Waals surface area contributed by atoms with Crippen molar-refractivity contribution in [3.8, 4) is 0 Å². The van der Waals surface area contributed by atoms with Gasteiger partial charge in [-0.2, -0.15) is 0 Å². The maximum absolute atomic E-state index is 13.3. The number of nitrogens with zero attached hydrogens (tertiary/aromatic N) is 2. The van der Waals surface area contributed by atoms with E-state index in [1.54, 1.807) is 0 Å². The molecule has 2 aromatic carbocycles. The number of carbonyl (C=O) groups excluding carboxylic acids is 2. The summed E-state index contributed by atoms with van der Waals surface area (Å²) in [7, 11) is 0. The van der Waals surface area contributed by atoms with Crippen LogP contribution in [0.5, 0.6) is 0 Å². The number of hydrogen-bond acceptors (Lipinski definition) is 5. The minimum absolute atomic E-state index is 0.0922. The first kappa shape index (κ1) is 23.4. The Labute approximate surface area is 194 Å². The van der Waals surface area contributed by atoms with E-state index in [0.29, 0.717) is 18.5 Å². The highest BCUT2D eigenvalue weighted by Gasteiger charge is 2.31. The van der Waals surface area contributed by atoms with Gasteiger partial charge in [-0.1, -0.05) is 36.4 Å². The van der Waals surface area contributed by atoms with Crippen LogP contribution in [0.15, 0.2) is 72.1 Å². The van der Waals surface area contributed by atoms with Crippen LogP contribution in [0.4, 0.5) is 5.69 Å². The molecular weight excluding hydrogens is 450 g/mol. The van der Waals surface area contributed by atoms with Crippen molar-refractivity contribution in [1.29, 1.82) is 0 Å². The number of alkyl halides is 1. The topological polar surface area (TPSA) is 92.5 Å². The Hall–Kier alpha value is -3.23. The molecule has 166 valence electrons. The SMILES string of the molecule is O=C(NCCc1ccccc1)C(c1ccc([N+](=O)[O-])cc1)N(Cc1cccs1)C(=O)CCl. The highest BCUT2D eigenvalue weighted by Crippen LogP contribution is 2.27. The molecule has 0 aliphatic rings. The van der Waals surface area contributed by atoms with Gasteiger partial charge in [-0.25, -0.2) is 0 Å². The fourth-order valence-corrected chi connectivity index (χ4v) is 4.15. The molecule has 0 aliphatic carbocycles. The van der Waals surface area contributed by atoms with Crippen LogP contribution in [0.1, 0.15) is 22.0 Å². The van der Waals surface area contributed by atoms with Crippen molar-refractivity contribution in [1.82, 2.24) is 10.2 Å². The smallest absolute Gasteiger partial charge is 0.269 e. The van der Waals surface area contributed by atoms with Crippen molar-refractivity contribution in [3.05, 3.63) is 98.2 Å². The minimum atomic E-state index is -0.972. The molecule has 1 aromatic heterocycles. The van der Waals surface area contributed by atoms with E-state index in [2.05, 4.69) is 5.32 Å². The Kier molecular flexibility index (Phi) is 8.35. The summed E-state index contributed by atoms with van der Waals surface area (Å²) in [5.41, 5.74) is 1.46. The van der Waals surface area contributed by atoms with Gasteiger partial charge in [-0.3, -0.25) is 19.7 Å². The van der Waals surface area contributed by atoms with Crippen LogP contribution in [0, 0.1) is 10.1 Å². The van der Waals surface area contributed by atoms with E-state index >= 15 is 0 Å². The minimum Gasteiger partial charge on any atom is -0.354 e. The number of nitrogens with one attached hydrogen (secondary N) is 1. The second kappa shape index (κ2) is 11.4. The first-order chi connectivity index (χ1) is 15.5. The molecule has 32 heavy (non-hydrogen) atoms. The fraction of sp³-hybridized carbons (Fsp3) is 0.217. The highest BCUT2D eigenvalue weighted by atomic mass is 35.5. The van der Waals surface area contributed by atoms with Crippen LogP contribution in [0.25, 0.3) is 0 Å². The Morgan fingerprint density at radius 2 is 1.78 bits per heavy atom. The number of nitro benzene ring substituents is 1. The van der Waals surface area contributed by atoms with E-state index in [0.717, 1.165) is 10.4 Å². The number of benzene rings is 2. The van der Waals surface area contributed by atoms with Crippen LogP contribution in [0.3, 0.4) is 0 Å². The number of amides is 2. The predicted molar refractivity (Wildman–Crippen MR) is 125 cm³/mol. The van der Waals surface area contributed by atoms with E-state index in [9.17, 15) is 19.7 Å². The second-order valence-electron chi connectivity index (χ2n) is 7.01. The van der Waals surface area contributed by atoms with Gasteiger partial charge < -0.3 is 10.2 Å². The molecule has 2 amide bonds. The van der Waals surface area contributed by atoms with Crippen LogP contribution in [-0.4, -0.2) is 34.1 Å². The second-order valence-corrected chi connectivity index (χ2v) is 8.31. The molecule has 7 nitrogen and oxygen atoms in total. The lowest BCUT2D eigenvalue weighted by atomic mass is 10.0. The first-order valence-corrected chi connectivity index (χ1v) is 11.3. The Morgan fingerprint density at radius 1 is 1.06 bits per heavy atom. The standard InChI is InChI=1S/C23H22ClN3O4S/c24-15-21(28)26(16-20-7-4-14-32-20)22(18-8-10-19(11-9-18)27(30)31)23(29)25-13-12-17-5-2-1-3-6-17/h1-11,14,22H,12-13,15-16H2,(H,25,29). The molecule has 0 radical (unpaired) electrons. The third kappa shape index (κ3) is 6.15. The highest BCUT2D eigenvalue weighted by molar-refractivity contribution is 7.09. The van der Waals surface area contributed by atoms with Gasteiger partial charge in [0.2, 0.25) is 11.8 Å². The van der Waals surface area contributed by atoms with Gasteiger partial charge in [0.25, 0.3) is 5.69 Å². The van der Waals surface area contributed by atoms with E-state index in [1.165, 1.54) is 40.5 Å². The van der Waals surface area contributed by atoms with Gasteiger partial charge in [0, 0.05) is 23.6 Å². The average molecular weight is 472 g/mol. The van der Waals surface area contributed by atoms with Gasteiger partial charge >= 0.3 is 0 Å². The summed E-state index contributed by atoms with van der Waals surface area (Å²) < 4.78 is 0. The van der Waals surface area contributed by atoms with Crippen molar-refractivity contribution in [2.45, 2.75) is 19.0 Å². The molecule has 0 aliphatic heterocycles. The number of rotatable bonds is 10. The summed E-state index contributed by atoms with van der Waals surface area (Å²) in [5.74, 6) is -1.06. The van der Waals surface area contributed by atoms with Gasteiger partial charge in [0.15, 0.2) is 0 Å². The van der Waals surface area contributed by atoms with Gasteiger partial charge in [0.05, 0.1) is 11.5 Å².